The number of carbonyl (C=O) groups excluding carboxylic acids is 1. The molecule has 0 bridgehead atoms. The van der Waals surface area contributed by atoms with Crippen molar-refractivity contribution in [1.82, 2.24) is 0 Å². The van der Waals surface area contributed by atoms with Crippen LogP contribution >= 0.6 is 0 Å². The number of hydrogen-bond donors (Lipinski definition) is 1. The summed E-state index contributed by atoms with van der Waals surface area (Å²) in [7, 11) is 0. The fourth-order valence-corrected chi connectivity index (χ4v) is 2.37. The molecule has 1 atom stereocenters. The van der Waals surface area contributed by atoms with Gasteiger partial charge in [-0.3, -0.25) is 0 Å². The third-order valence-electron chi connectivity index (χ3n) is 3.84. The Bertz CT molecular complexity index is 491. The van der Waals surface area contributed by atoms with E-state index in [2.05, 4.69) is 20.8 Å². The summed E-state index contributed by atoms with van der Waals surface area (Å²) in [5, 5.41) is 8.89. The maximum Gasteiger partial charge on any atom is 0.338 e. The van der Waals surface area contributed by atoms with Crippen LogP contribution in [0.2, 0.25) is 0 Å². The molecular formula is C19H28O4. The number of esters is 1. The lowest BCUT2D eigenvalue weighted by atomic mass is 10.0. The van der Waals surface area contributed by atoms with Crippen molar-refractivity contribution >= 4 is 11.9 Å². The van der Waals surface area contributed by atoms with Crippen LogP contribution in [0, 0.1) is 5.92 Å². The Balaban J connectivity index is 2.64. The highest BCUT2D eigenvalue weighted by molar-refractivity contribution is 5.92. The molecule has 1 aromatic rings. The van der Waals surface area contributed by atoms with E-state index >= 15 is 0 Å². The van der Waals surface area contributed by atoms with Crippen LogP contribution in [-0.2, 0) is 4.74 Å². The Morgan fingerprint density at radius 1 is 1.00 bits per heavy atom. The first-order valence-corrected chi connectivity index (χ1v) is 8.48. The smallest absolute Gasteiger partial charge is 0.338 e. The predicted octanol–water partition coefficient (Wildman–Crippen LogP) is 4.93. The molecule has 0 fully saturated rings. The second-order valence-electron chi connectivity index (χ2n) is 6.38. The van der Waals surface area contributed by atoms with E-state index in [1.807, 2.05) is 0 Å². The van der Waals surface area contributed by atoms with Gasteiger partial charge in [-0.15, -0.1) is 0 Å². The zero-order valence-electron chi connectivity index (χ0n) is 14.4. The van der Waals surface area contributed by atoms with E-state index in [0.717, 1.165) is 38.5 Å². The molecule has 1 aromatic carbocycles. The molecule has 0 heterocycles. The first-order chi connectivity index (χ1) is 10.9. The van der Waals surface area contributed by atoms with Crippen LogP contribution in [-0.4, -0.2) is 23.1 Å². The van der Waals surface area contributed by atoms with Gasteiger partial charge in [0.2, 0.25) is 0 Å². The highest BCUT2D eigenvalue weighted by Crippen LogP contribution is 2.18. The lowest BCUT2D eigenvalue weighted by molar-refractivity contribution is 0.0242. The second-order valence-corrected chi connectivity index (χ2v) is 6.38. The summed E-state index contributed by atoms with van der Waals surface area (Å²) in [5.74, 6) is -0.788. The molecule has 128 valence electrons. The van der Waals surface area contributed by atoms with Gasteiger partial charge in [-0.25, -0.2) is 9.59 Å². The summed E-state index contributed by atoms with van der Waals surface area (Å²) in [6.07, 6.45) is 6.08. The SMILES string of the molecule is CCCCCC(CCC(C)C)OC(=O)c1ccc(C(=O)O)cc1. The largest absolute Gasteiger partial charge is 0.478 e. The fraction of sp³-hybridized carbons (Fsp3) is 0.579. The van der Waals surface area contributed by atoms with E-state index in [9.17, 15) is 9.59 Å². The number of carboxylic acids is 1. The summed E-state index contributed by atoms with van der Waals surface area (Å²) in [4.78, 5) is 23.1. The Labute approximate surface area is 138 Å². The van der Waals surface area contributed by atoms with Crippen molar-refractivity contribution in [3.05, 3.63) is 35.4 Å². The Kier molecular flexibility index (Phi) is 8.38. The van der Waals surface area contributed by atoms with Crippen molar-refractivity contribution in [1.29, 1.82) is 0 Å². The third kappa shape index (κ3) is 7.31. The van der Waals surface area contributed by atoms with Gasteiger partial charge in [0.25, 0.3) is 0 Å². The molecule has 0 radical (unpaired) electrons. The number of carboxylic acid groups (broad SMARTS) is 1. The highest BCUT2D eigenvalue weighted by atomic mass is 16.5. The molecule has 0 saturated heterocycles. The molecule has 0 aliphatic heterocycles. The zero-order chi connectivity index (χ0) is 17.2. The van der Waals surface area contributed by atoms with Crippen molar-refractivity contribution < 1.29 is 19.4 Å². The van der Waals surface area contributed by atoms with E-state index in [0.29, 0.717) is 11.5 Å². The van der Waals surface area contributed by atoms with Crippen LogP contribution < -0.4 is 0 Å². The van der Waals surface area contributed by atoms with Crippen LogP contribution in [0.4, 0.5) is 0 Å². The molecular weight excluding hydrogens is 292 g/mol. The standard InChI is InChI=1S/C19H28O4/c1-4-5-6-7-17(13-8-14(2)3)23-19(22)16-11-9-15(10-12-16)18(20)21/h9-12,14,17H,4-8,13H2,1-3H3,(H,20,21). The van der Waals surface area contributed by atoms with Gasteiger partial charge < -0.3 is 9.84 Å². The van der Waals surface area contributed by atoms with Gasteiger partial charge in [-0.1, -0.05) is 33.6 Å². The Hall–Kier alpha value is -1.84. The first kappa shape index (κ1) is 19.2. The van der Waals surface area contributed by atoms with Crippen LogP contribution in [0.25, 0.3) is 0 Å². The summed E-state index contributed by atoms with van der Waals surface area (Å²) >= 11 is 0. The summed E-state index contributed by atoms with van der Waals surface area (Å²) in [6, 6.07) is 5.88. The molecule has 0 spiro atoms. The van der Waals surface area contributed by atoms with Crippen LogP contribution in [0.5, 0.6) is 0 Å². The fourth-order valence-electron chi connectivity index (χ4n) is 2.37. The topological polar surface area (TPSA) is 63.6 Å². The van der Waals surface area contributed by atoms with Crippen molar-refractivity contribution in [2.24, 2.45) is 5.92 Å². The Morgan fingerprint density at radius 2 is 1.61 bits per heavy atom. The maximum absolute atomic E-state index is 12.2. The molecule has 4 nitrogen and oxygen atoms in total. The van der Waals surface area contributed by atoms with E-state index in [4.69, 9.17) is 9.84 Å². The highest BCUT2D eigenvalue weighted by Gasteiger charge is 2.17. The molecule has 23 heavy (non-hydrogen) atoms. The van der Waals surface area contributed by atoms with Crippen molar-refractivity contribution in [3.63, 3.8) is 0 Å². The number of unbranched alkanes of at least 4 members (excludes halogenated alkanes) is 2. The molecule has 1 rings (SSSR count). The zero-order valence-corrected chi connectivity index (χ0v) is 14.4. The van der Waals surface area contributed by atoms with Gasteiger partial charge in [0.15, 0.2) is 0 Å². The summed E-state index contributed by atoms with van der Waals surface area (Å²) in [5.41, 5.74) is 0.570. The van der Waals surface area contributed by atoms with E-state index in [1.165, 1.54) is 24.3 Å². The second kappa shape index (κ2) is 10.0. The third-order valence-corrected chi connectivity index (χ3v) is 3.84. The number of carbonyl (C=O) groups is 2. The quantitative estimate of drug-likeness (QED) is 0.490. The Morgan fingerprint density at radius 3 is 2.13 bits per heavy atom. The minimum Gasteiger partial charge on any atom is -0.478 e. The number of rotatable bonds is 10. The van der Waals surface area contributed by atoms with Gasteiger partial charge >= 0.3 is 11.9 Å². The molecule has 0 aromatic heterocycles. The monoisotopic (exact) mass is 320 g/mol. The first-order valence-electron chi connectivity index (χ1n) is 8.48. The van der Waals surface area contributed by atoms with Crippen molar-refractivity contribution in [3.8, 4) is 0 Å². The van der Waals surface area contributed by atoms with E-state index in [1.54, 1.807) is 0 Å². The van der Waals surface area contributed by atoms with Crippen molar-refractivity contribution in [2.75, 3.05) is 0 Å². The molecule has 0 saturated carbocycles. The minimum atomic E-state index is -1.00. The van der Waals surface area contributed by atoms with Crippen molar-refractivity contribution in [2.45, 2.75) is 65.4 Å². The molecule has 0 aliphatic carbocycles. The molecule has 0 amide bonds. The molecule has 4 heteroatoms. The molecule has 1 N–H and O–H groups in total. The summed E-state index contributed by atoms with van der Waals surface area (Å²) in [6.45, 7) is 6.48. The normalized spacial score (nSPS) is 12.2. The van der Waals surface area contributed by atoms with Crippen LogP contribution in [0.3, 0.4) is 0 Å². The van der Waals surface area contributed by atoms with Crippen LogP contribution in [0.15, 0.2) is 24.3 Å². The lowest BCUT2D eigenvalue weighted by Gasteiger charge is -2.19. The van der Waals surface area contributed by atoms with Gasteiger partial charge in [-0.2, -0.15) is 0 Å². The predicted molar refractivity (Wildman–Crippen MR) is 90.8 cm³/mol. The van der Waals surface area contributed by atoms with Gasteiger partial charge in [-0.05, 0) is 55.9 Å². The maximum atomic E-state index is 12.2. The summed E-state index contributed by atoms with van der Waals surface area (Å²) < 4.78 is 5.65. The number of aromatic carboxylic acids is 1. The van der Waals surface area contributed by atoms with Gasteiger partial charge in [0.1, 0.15) is 6.10 Å². The average molecular weight is 320 g/mol. The number of ether oxygens (including phenoxy) is 1. The lowest BCUT2D eigenvalue weighted by Crippen LogP contribution is -2.19. The number of hydrogen-bond acceptors (Lipinski definition) is 3. The van der Waals surface area contributed by atoms with Gasteiger partial charge in [0, 0.05) is 0 Å². The molecule has 0 aliphatic rings. The van der Waals surface area contributed by atoms with E-state index in [-0.39, 0.29) is 17.6 Å². The minimum absolute atomic E-state index is 0.0596. The van der Waals surface area contributed by atoms with Crippen LogP contribution in [0.1, 0.15) is 80.0 Å². The van der Waals surface area contributed by atoms with E-state index < -0.39 is 5.97 Å². The average Bonchev–Trinajstić information content (AvgIpc) is 2.52. The number of benzene rings is 1. The van der Waals surface area contributed by atoms with Gasteiger partial charge in [0.05, 0.1) is 11.1 Å². The molecule has 1 unspecified atom stereocenters.